The Kier molecular flexibility index (Phi) is 6.59. The lowest BCUT2D eigenvalue weighted by atomic mass is 10.1. The minimum Gasteiger partial charge on any atom is -0.395 e. The second-order valence-corrected chi connectivity index (χ2v) is 4.94. The van der Waals surface area contributed by atoms with E-state index >= 15 is 0 Å². The number of hydrogen-bond donors (Lipinski definition) is 1. The topological polar surface area (TPSA) is 38.7 Å². The fourth-order valence-corrected chi connectivity index (χ4v) is 2.22. The van der Waals surface area contributed by atoms with Gasteiger partial charge >= 0.3 is 0 Å². The summed E-state index contributed by atoms with van der Waals surface area (Å²) in [5.74, 6) is 6.03. The molecule has 1 fully saturated rings. The van der Waals surface area contributed by atoms with Crippen molar-refractivity contribution < 1.29 is 14.6 Å². The van der Waals surface area contributed by atoms with Gasteiger partial charge in [0.15, 0.2) is 0 Å². The fourth-order valence-electron chi connectivity index (χ4n) is 2.22. The summed E-state index contributed by atoms with van der Waals surface area (Å²) in [7, 11) is 0. The van der Waals surface area contributed by atoms with Crippen LogP contribution in [0.5, 0.6) is 0 Å². The number of aliphatic hydroxyl groups is 1. The molecule has 0 radical (unpaired) electrons. The van der Waals surface area contributed by atoms with E-state index in [1.165, 1.54) is 12.8 Å². The molecule has 20 heavy (non-hydrogen) atoms. The summed E-state index contributed by atoms with van der Waals surface area (Å²) in [6.07, 6.45) is 4.25. The van der Waals surface area contributed by atoms with Crippen LogP contribution in [0.25, 0.3) is 0 Å². The van der Waals surface area contributed by atoms with Crippen LogP contribution in [0, 0.1) is 11.8 Å². The smallest absolute Gasteiger partial charge is 0.0808 e. The molecule has 1 aromatic rings. The molecule has 1 heterocycles. The molecular weight excluding hydrogens is 252 g/mol. The summed E-state index contributed by atoms with van der Waals surface area (Å²) < 4.78 is 11.4. The van der Waals surface area contributed by atoms with Crippen molar-refractivity contribution in [3.63, 3.8) is 0 Å². The number of hydrogen-bond acceptors (Lipinski definition) is 3. The maximum atomic E-state index is 8.76. The molecule has 0 amide bonds. The lowest BCUT2D eigenvalue weighted by Gasteiger charge is -2.22. The first-order valence-corrected chi connectivity index (χ1v) is 7.27. The molecule has 0 saturated carbocycles. The molecule has 1 aliphatic rings. The van der Waals surface area contributed by atoms with E-state index in [4.69, 9.17) is 14.6 Å². The van der Waals surface area contributed by atoms with Gasteiger partial charge in [0.05, 0.1) is 25.9 Å². The first-order chi connectivity index (χ1) is 9.90. The maximum absolute atomic E-state index is 8.76. The van der Waals surface area contributed by atoms with Crippen LogP contribution in [0.15, 0.2) is 24.3 Å². The van der Waals surface area contributed by atoms with Crippen LogP contribution in [-0.2, 0) is 16.1 Å². The molecule has 0 bridgehead atoms. The Balaban J connectivity index is 1.84. The zero-order valence-electron chi connectivity index (χ0n) is 11.8. The normalized spacial score (nSPS) is 18.4. The third kappa shape index (κ3) is 4.97. The molecule has 3 nitrogen and oxygen atoms in total. The summed E-state index contributed by atoms with van der Waals surface area (Å²) >= 11 is 0. The maximum Gasteiger partial charge on any atom is 0.0808 e. The third-order valence-corrected chi connectivity index (χ3v) is 3.31. The van der Waals surface area contributed by atoms with Gasteiger partial charge in [-0.1, -0.05) is 30.0 Å². The number of rotatable bonds is 5. The van der Waals surface area contributed by atoms with Gasteiger partial charge < -0.3 is 14.6 Å². The molecule has 2 rings (SSSR count). The average molecular weight is 274 g/mol. The van der Waals surface area contributed by atoms with Gasteiger partial charge in [0.2, 0.25) is 0 Å². The molecule has 0 aliphatic carbocycles. The number of benzene rings is 1. The van der Waals surface area contributed by atoms with Crippen LogP contribution in [-0.4, -0.2) is 31.0 Å². The van der Waals surface area contributed by atoms with Gasteiger partial charge in [-0.25, -0.2) is 0 Å². The van der Waals surface area contributed by atoms with Crippen molar-refractivity contribution in [3.05, 3.63) is 35.4 Å². The predicted molar refractivity (Wildman–Crippen MR) is 78.3 cm³/mol. The van der Waals surface area contributed by atoms with Crippen molar-refractivity contribution in [3.8, 4) is 11.8 Å². The van der Waals surface area contributed by atoms with Crippen LogP contribution < -0.4 is 0 Å². The van der Waals surface area contributed by atoms with Crippen LogP contribution in [0.4, 0.5) is 0 Å². The van der Waals surface area contributed by atoms with Gasteiger partial charge in [-0.2, -0.15) is 0 Å². The van der Waals surface area contributed by atoms with E-state index in [1.807, 2.05) is 24.3 Å². The Morgan fingerprint density at radius 1 is 1.30 bits per heavy atom. The van der Waals surface area contributed by atoms with E-state index in [0.717, 1.165) is 24.2 Å². The average Bonchev–Trinajstić information content (AvgIpc) is 2.50. The van der Waals surface area contributed by atoms with Crippen LogP contribution in [0.1, 0.15) is 36.8 Å². The minimum absolute atomic E-state index is 0.102. The molecule has 0 aromatic heterocycles. The van der Waals surface area contributed by atoms with Crippen molar-refractivity contribution in [1.29, 1.82) is 0 Å². The fraction of sp³-hybridized carbons (Fsp3) is 0.529. The highest BCUT2D eigenvalue weighted by Crippen LogP contribution is 2.14. The van der Waals surface area contributed by atoms with E-state index < -0.39 is 0 Å². The van der Waals surface area contributed by atoms with Gasteiger partial charge in [-0.15, -0.1) is 0 Å². The van der Waals surface area contributed by atoms with Crippen molar-refractivity contribution in [2.24, 2.45) is 0 Å². The Hall–Kier alpha value is -1.34. The number of ether oxygens (including phenoxy) is 2. The van der Waals surface area contributed by atoms with E-state index in [0.29, 0.717) is 19.6 Å². The summed E-state index contributed by atoms with van der Waals surface area (Å²) in [6, 6.07) is 7.98. The molecule has 3 heteroatoms. The first kappa shape index (κ1) is 15.1. The molecular formula is C17H22O3. The van der Waals surface area contributed by atoms with Crippen LogP contribution >= 0.6 is 0 Å². The van der Waals surface area contributed by atoms with Gasteiger partial charge in [-0.05, 0) is 30.9 Å². The van der Waals surface area contributed by atoms with Gasteiger partial charge in [0.1, 0.15) is 0 Å². The van der Waals surface area contributed by atoms with Crippen molar-refractivity contribution in [2.75, 3.05) is 19.8 Å². The van der Waals surface area contributed by atoms with Crippen molar-refractivity contribution in [2.45, 2.75) is 38.4 Å². The molecule has 108 valence electrons. The molecule has 1 N–H and O–H groups in total. The van der Waals surface area contributed by atoms with Crippen LogP contribution in [0.3, 0.4) is 0 Å². The molecule has 1 saturated heterocycles. The van der Waals surface area contributed by atoms with E-state index in [9.17, 15) is 0 Å². The standard InChI is InChI=1S/C17H22O3/c18-11-5-3-8-15-7-1-2-9-16(15)13-19-14-17-10-4-6-12-20-17/h1-2,7,9,17-18H,4-6,10-14H2. The van der Waals surface area contributed by atoms with E-state index in [1.54, 1.807) is 0 Å². The zero-order chi connectivity index (χ0) is 14.0. The molecule has 0 spiro atoms. The van der Waals surface area contributed by atoms with E-state index in [-0.39, 0.29) is 12.7 Å². The first-order valence-electron chi connectivity index (χ1n) is 7.27. The van der Waals surface area contributed by atoms with Crippen LogP contribution in [0.2, 0.25) is 0 Å². The highest BCUT2D eigenvalue weighted by atomic mass is 16.5. The quantitative estimate of drug-likeness (QED) is 0.839. The highest BCUT2D eigenvalue weighted by molar-refractivity contribution is 5.40. The lowest BCUT2D eigenvalue weighted by Crippen LogP contribution is -2.24. The largest absolute Gasteiger partial charge is 0.395 e. The minimum atomic E-state index is 0.102. The summed E-state index contributed by atoms with van der Waals surface area (Å²) in [4.78, 5) is 0. The monoisotopic (exact) mass is 274 g/mol. The van der Waals surface area contributed by atoms with Gasteiger partial charge in [0, 0.05) is 18.6 Å². The van der Waals surface area contributed by atoms with Gasteiger partial charge in [0.25, 0.3) is 0 Å². The summed E-state index contributed by atoms with van der Waals surface area (Å²) in [6.45, 7) is 2.17. The summed E-state index contributed by atoms with van der Waals surface area (Å²) in [5, 5.41) is 8.76. The Labute approximate surface area is 120 Å². The third-order valence-electron chi connectivity index (χ3n) is 3.31. The SMILES string of the molecule is OCCC#Cc1ccccc1COCC1CCCCO1. The number of aliphatic hydroxyl groups excluding tert-OH is 1. The molecule has 1 aromatic carbocycles. The molecule has 1 aliphatic heterocycles. The van der Waals surface area contributed by atoms with Crippen molar-refractivity contribution >= 4 is 0 Å². The predicted octanol–water partition coefficient (Wildman–Crippen LogP) is 2.51. The lowest BCUT2D eigenvalue weighted by molar-refractivity contribution is -0.0447. The second kappa shape index (κ2) is 8.76. The molecule has 1 atom stereocenters. The Morgan fingerprint density at radius 3 is 3.00 bits per heavy atom. The highest BCUT2D eigenvalue weighted by Gasteiger charge is 2.13. The Morgan fingerprint density at radius 2 is 2.20 bits per heavy atom. The van der Waals surface area contributed by atoms with E-state index in [2.05, 4.69) is 11.8 Å². The second-order valence-electron chi connectivity index (χ2n) is 4.94. The van der Waals surface area contributed by atoms with Gasteiger partial charge in [-0.3, -0.25) is 0 Å². The van der Waals surface area contributed by atoms with Crippen molar-refractivity contribution in [1.82, 2.24) is 0 Å². The molecule has 1 unspecified atom stereocenters. The zero-order valence-corrected chi connectivity index (χ0v) is 11.8. The Bertz CT molecular complexity index is 453. The summed E-state index contributed by atoms with van der Waals surface area (Å²) in [5.41, 5.74) is 2.07.